The molecule has 0 aliphatic carbocycles. The predicted octanol–water partition coefficient (Wildman–Crippen LogP) is 2.65. The van der Waals surface area contributed by atoms with E-state index in [0.29, 0.717) is 8.58 Å². The van der Waals surface area contributed by atoms with E-state index >= 15 is 0 Å². The number of aliphatic hydroxyl groups excluding tert-OH is 1. The summed E-state index contributed by atoms with van der Waals surface area (Å²) in [5.74, 6) is 0.784. The number of aromatic nitrogens is 1. The van der Waals surface area contributed by atoms with Crippen LogP contribution in [0.15, 0.2) is 46.7 Å². The number of carbonyl (C=O) groups excluding carboxylic acids is 1. The van der Waals surface area contributed by atoms with Crippen molar-refractivity contribution in [2.45, 2.75) is 19.6 Å². The summed E-state index contributed by atoms with van der Waals surface area (Å²) in [6.45, 7) is 8.50. The van der Waals surface area contributed by atoms with Gasteiger partial charge in [-0.15, -0.1) is 0 Å². The highest BCUT2D eigenvalue weighted by atomic mass is 31.1. The lowest BCUT2D eigenvalue weighted by Gasteiger charge is -2.39. The zero-order valence-electron chi connectivity index (χ0n) is 17.8. The Balaban J connectivity index is 1.35. The molecule has 1 fully saturated rings. The lowest BCUT2D eigenvalue weighted by atomic mass is 10.2. The fourth-order valence-electron chi connectivity index (χ4n) is 4.47. The fourth-order valence-corrected chi connectivity index (χ4v) is 5.79. The quantitative estimate of drug-likeness (QED) is 0.740. The number of allylic oxidation sites excluding steroid dienone is 1. The molecule has 2 unspecified atom stereocenters. The molecule has 31 heavy (non-hydrogen) atoms. The Bertz CT molecular complexity index is 1110. The molecule has 0 radical (unpaired) electrons. The fraction of sp³-hybridized carbons (Fsp3) is 0.391. The van der Waals surface area contributed by atoms with Gasteiger partial charge in [-0.05, 0) is 32.1 Å². The van der Waals surface area contributed by atoms with Crippen LogP contribution in [0, 0.1) is 13.8 Å². The molecule has 3 aliphatic heterocycles. The molecule has 0 saturated carbocycles. The highest BCUT2D eigenvalue weighted by Gasteiger charge is 2.31. The maximum atomic E-state index is 13.0. The molecule has 5 rings (SSSR count). The minimum atomic E-state index is -0.00833. The summed E-state index contributed by atoms with van der Waals surface area (Å²) < 4.78 is 6.10. The molecule has 162 valence electrons. The molecule has 1 saturated heterocycles. The molecule has 8 heteroatoms. The number of carbonyl (C=O) groups is 1. The summed E-state index contributed by atoms with van der Waals surface area (Å²) in [6, 6.07) is 4.05. The van der Waals surface area contributed by atoms with Crippen LogP contribution in [0.25, 0.3) is 16.3 Å². The number of amides is 1. The lowest BCUT2D eigenvalue weighted by Crippen LogP contribution is -2.47. The minimum Gasteiger partial charge on any atom is -0.454 e. The van der Waals surface area contributed by atoms with Crippen molar-refractivity contribution in [3.8, 4) is 0 Å². The average molecular weight is 438 g/mol. The number of furan rings is 1. The Morgan fingerprint density at radius 2 is 2.03 bits per heavy atom. The van der Waals surface area contributed by atoms with Crippen molar-refractivity contribution in [1.82, 2.24) is 19.7 Å². The maximum Gasteiger partial charge on any atom is 0.252 e. The summed E-state index contributed by atoms with van der Waals surface area (Å²) in [5, 5.41) is 11.1. The van der Waals surface area contributed by atoms with E-state index in [9.17, 15) is 4.79 Å². The third kappa shape index (κ3) is 3.93. The molecular formula is C23H27N4O3P. The van der Waals surface area contributed by atoms with Crippen molar-refractivity contribution in [2.24, 2.45) is 0 Å². The lowest BCUT2D eigenvalue weighted by molar-refractivity contribution is -0.123. The Kier molecular flexibility index (Phi) is 5.42. The Morgan fingerprint density at radius 1 is 1.23 bits per heavy atom. The molecular weight excluding hydrogens is 411 g/mol. The van der Waals surface area contributed by atoms with Crippen LogP contribution < -0.4 is 0 Å². The molecule has 2 aromatic heterocycles. The topological polar surface area (TPSA) is 73.1 Å². The highest BCUT2D eigenvalue weighted by molar-refractivity contribution is 7.51. The van der Waals surface area contributed by atoms with E-state index < -0.39 is 0 Å². The Hall–Kier alpha value is -2.47. The van der Waals surface area contributed by atoms with Gasteiger partial charge in [-0.1, -0.05) is 14.7 Å². The molecule has 1 amide bonds. The smallest absolute Gasteiger partial charge is 0.252 e. The van der Waals surface area contributed by atoms with Gasteiger partial charge in [-0.2, -0.15) is 0 Å². The van der Waals surface area contributed by atoms with Gasteiger partial charge in [0.1, 0.15) is 5.76 Å². The minimum absolute atomic E-state index is 0.00833. The van der Waals surface area contributed by atoms with Gasteiger partial charge in [0.2, 0.25) is 0 Å². The molecule has 5 heterocycles. The van der Waals surface area contributed by atoms with Crippen molar-refractivity contribution in [1.29, 1.82) is 0 Å². The van der Waals surface area contributed by atoms with Gasteiger partial charge < -0.3 is 19.3 Å². The Labute approximate surface area is 183 Å². The predicted molar refractivity (Wildman–Crippen MR) is 123 cm³/mol. The first kappa shape index (κ1) is 20.4. The number of aliphatic hydroxyl groups is 1. The highest BCUT2D eigenvalue weighted by Crippen LogP contribution is 2.46. The monoisotopic (exact) mass is 438 g/mol. The third-order valence-electron chi connectivity index (χ3n) is 6.06. The van der Waals surface area contributed by atoms with Crippen molar-refractivity contribution in [2.75, 3.05) is 39.3 Å². The van der Waals surface area contributed by atoms with Gasteiger partial charge in [-0.25, -0.2) is 0 Å². The second-order valence-corrected chi connectivity index (χ2v) is 9.66. The standard InChI is InChI=1S/C23H27N4O3P/c1-15-11-17-12-19(30-23(17)16(2)24-15)20-13-21(29)27-14-18(3-4-22(27)31-20)26-7-5-25(6-8-26)9-10-28/h3-4,11-14,22,28,31H,5-10H2,1-2H3. The first-order valence-electron chi connectivity index (χ1n) is 10.7. The summed E-state index contributed by atoms with van der Waals surface area (Å²) in [6.07, 6.45) is 7.99. The van der Waals surface area contributed by atoms with Crippen molar-refractivity contribution in [3.05, 3.63) is 59.4 Å². The molecule has 1 N–H and O–H groups in total. The van der Waals surface area contributed by atoms with Gasteiger partial charge >= 0.3 is 0 Å². The van der Waals surface area contributed by atoms with Crippen molar-refractivity contribution >= 4 is 30.8 Å². The van der Waals surface area contributed by atoms with E-state index in [1.54, 1.807) is 6.08 Å². The third-order valence-corrected chi connectivity index (χ3v) is 7.53. The largest absolute Gasteiger partial charge is 0.454 e. The van der Waals surface area contributed by atoms with Crippen LogP contribution in [0.2, 0.25) is 0 Å². The van der Waals surface area contributed by atoms with E-state index in [-0.39, 0.29) is 18.3 Å². The number of fused-ring (bicyclic) bond motifs is 2. The second kappa shape index (κ2) is 8.23. The van der Waals surface area contributed by atoms with Gasteiger partial charge in [0.15, 0.2) is 5.58 Å². The van der Waals surface area contributed by atoms with E-state index in [2.05, 4.69) is 26.9 Å². The Morgan fingerprint density at radius 3 is 2.81 bits per heavy atom. The molecule has 0 aromatic carbocycles. The summed E-state index contributed by atoms with van der Waals surface area (Å²) in [4.78, 5) is 23.9. The van der Waals surface area contributed by atoms with E-state index in [1.807, 2.05) is 37.1 Å². The SMILES string of the molecule is Cc1cc2cc(C3=CC(=O)N4C=C(N5CCN(CCO)CC5)C=CC4P3)oc2c(C)n1. The maximum absolute atomic E-state index is 13.0. The number of hydrogen-bond acceptors (Lipinski definition) is 6. The summed E-state index contributed by atoms with van der Waals surface area (Å²) in [5.41, 5.74) is 3.71. The van der Waals surface area contributed by atoms with Crippen LogP contribution >= 0.6 is 8.58 Å². The van der Waals surface area contributed by atoms with Gasteiger partial charge in [0.05, 0.1) is 23.8 Å². The van der Waals surface area contributed by atoms with E-state index in [0.717, 1.165) is 71.9 Å². The molecule has 7 nitrogen and oxygen atoms in total. The normalized spacial score (nSPS) is 22.8. The summed E-state index contributed by atoms with van der Waals surface area (Å²) >= 11 is 0. The zero-order valence-corrected chi connectivity index (χ0v) is 18.8. The van der Waals surface area contributed by atoms with Crippen molar-refractivity contribution < 1.29 is 14.3 Å². The van der Waals surface area contributed by atoms with E-state index in [4.69, 9.17) is 9.52 Å². The molecule has 0 spiro atoms. The number of nitrogens with zero attached hydrogens (tertiary/aromatic N) is 4. The van der Waals surface area contributed by atoms with Crippen molar-refractivity contribution in [3.63, 3.8) is 0 Å². The number of aryl methyl sites for hydroxylation is 2. The van der Waals surface area contributed by atoms with E-state index in [1.165, 1.54) is 0 Å². The number of piperazine rings is 1. The number of β-amino-alcohol motifs (C(OH)–C–C–N with tert-alkyl or cyclic N) is 1. The number of hydrogen-bond donors (Lipinski definition) is 1. The van der Waals surface area contributed by atoms with Gasteiger partial charge in [0, 0.05) is 61.4 Å². The van der Waals surface area contributed by atoms with Crippen LogP contribution in [0.5, 0.6) is 0 Å². The number of pyridine rings is 1. The zero-order chi connectivity index (χ0) is 21.5. The molecule has 3 aliphatic rings. The second-order valence-electron chi connectivity index (χ2n) is 8.24. The van der Waals surface area contributed by atoms with Gasteiger partial charge in [0.25, 0.3) is 5.91 Å². The first-order valence-corrected chi connectivity index (χ1v) is 11.8. The first-order chi connectivity index (χ1) is 15.0. The molecule has 0 bridgehead atoms. The number of rotatable bonds is 4. The van der Waals surface area contributed by atoms with Gasteiger partial charge in [-0.3, -0.25) is 14.7 Å². The molecule has 2 atom stereocenters. The average Bonchev–Trinajstić information content (AvgIpc) is 3.19. The summed E-state index contributed by atoms with van der Waals surface area (Å²) in [7, 11) is 0.425. The van der Waals surface area contributed by atoms with Crippen LogP contribution in [0.3, 0.4) is 0 Å². The molecule has 2 aromatic rings. The van der Waals surface area contributed by atoms with Crippen LogP contribution in [0.1, 0.15) is 17.1 Å². The van der Waals surface area contributed by atoms with Crippen LogP contribution in [-0.4, -0.2) is 75.8 Å². The van der Waals surface area contributed by atoms with Crippen LogP contribution in [-0.2, 0) is 4.79 Å². The van der Waals surface area contributed by atoms with Crippen LogP contribution in [0.4, 0.5) is 0 Å².